The first-order valence-electron chi connectivity index (χ1n) is 10.6. The molecule has 1 unspecified atom stereocenters. The molecule has 1 atom stereocenters. The van der Waals surface area contributed by atoms with E-state index in [1.54, 1.807) is 26.0 Å². The molecule has 6 nitrogen and oxygen atoms in total. The van der Waals surface area contributed by atoms with Crippen LogP contribution in [-0.4, -0.2) is 43.2 Å². The largest absolute Gasteiger partial charge is 1.00 e. The highest BCUT2D eigenvalue weighted by Crippen LogP contribution is 2.41. The fourth-order valence-corrected chi connectivity index (χ4v) is 4.78. The summed E-state index contributed by atoms with van der Waals surface area (Å²) in [6, 6.07) is 5.89. The summed E-state index contributed by atoms with van der Waals surface area (Å²) in [6.07, 6.45) is 8.92. The van der Waals surface area contributed by atoms with Crippen LogP contribution in [0, 0.1) is 0 Å². The molecular weight excluding hydrogens is 539 g/mol. The van der Waals surface area contributed by atoms with E-state index >= 15 is 0 Å². The number of likely N-dealkylation sites (N-methyl/N-ethyl adjacent to an activating group) is 1. The van der Waals surface area contributed by atoms with Crippen molar-refractivity contribution < 1.29 is 47.5 Å². The number of nitrogens with zero attached hydrogens (tertiary/aromatic N) is 2. The summed E-state index contributed by atoms with van der Waals surface area (Å²) in [7, 11) is 3.37. The Bertz CT molecular complexity index is 1030. The molecule has 0 saturated heterocycles. The number of hydrogen-bond acceptors (Lipinski definition) is 6. The zero-order valence-corrected chi connectivity index (χ0v) is 22.0. The SMILES string of the molecule is CCC(=CC1OC2=CC=C(OC)SC2=[N+]1CC)C=C1Oc2ccc(OC)cc2N1CC.[I-]. The number of anilines is 1. The van der Waals surface area contributed by atoms with Gasteiger partial charge in [-0.2, -0.15) is 4.58 Å². The summed E-state index contributed by atoms with van der Waals surface area (Å²) >= 11 is 1.60. The second kappa shape index (κ2) is 10.7. The smallest absolute Gasteiger partial charge is 0.318 e. The average molecular weight is 568 g/mol. The number of ether oxygens (including phenoxy) is 4. The van der Waals surface area contributed by atoms with Crippen molar-refractivity contribution in [2.24, 2.45) is 0 Å². The monoisotopic (exact) mass is 568 g/mol. The van der Waals surface area contributed by atoms with Gasteiger partial charge < -0.3 is 47.8 Å². The highest BCUT2D eigenvalue weighted by atomic mass is 127. The van der Waals surface area contributed by atoms with E-state index < -0.39 is 0 Å². The van der Waals surface area contributed by atoms with Crippen LogP contribution in [0.25, 0.3) is 0 Å². The molecule has 0 spiro atoms. The lowest BCUT2D eigenvalue weighted by molar-refractivity contribution is -0.576. The van der Waals surface area contributed by atoms with E-state index in [9.17, 15) is 0 Å². The highest BCUT2D eigenvalue weighted by molar-refractivity contribution is 8.17. The summed E-state index contributed by atoms with van der Waals surface area (Å²) in [5, 5.41) is 1.97. The van der Waals surface area contributed by atoms with Crippen LogP contribution in [0.3, 0.4) is 0 Å². The molecule has 3 aliphatic heterocycles. The molecule has 0 radical (unpaired) electrons. The second-order valence-electron chi connectivity index (χ2n) is 7.18. The van der Waals surface area contributed by atoms with E-state index in [0.717, 1.165) is 64.0 Å². The molecule has 0 aromatic heterocycles. The van der Waals surface area contributed by atoms with Crippen LogP contribution >= 0.6 is 11.8 Å². The van der Waals surface area contributed by atoms with Gasteiger partial charge in [-0.1, -0.05) is 6.92 Å². The molecule has 1 aromatic rings. The van der Waals surface area contributed by atoms with Crippen molar-refractivity contribution >= 4 is 22.5 Å². The third-order valence-electron chi connectivity index (χ3n) is 5.46. The Morgan fingerprint density at radius 3 is 2.66 bits per heavy atom. The third-order valence-corrected chi connectivity index (χ3v) is 6.60. The van der Waals surface area contributed by atoms with Gasteiger partial charge in [0.1, 0.15) is 12.3 Å². The van der Waals surface area contributed by atoms with Crippen molar-refractivity contribution in [3.8, 4) is 11.5 Å². The molecule has 1 aromatic carbocycles. The quantitative estimate of drug-likeness (QED) is 0.371. The van der Waals surface area contributed by atoms with Crippen LogP contribution in [0.15, 0.2) is 64.8 Å². The summed E-state index contributed by atoms with van der Waals surface area (Å²) < 4.78 is 25.5. The van der Waals surface area contributed by atoms with Gasteiger partial charge in [0.25, 0.3) is 5.04 Å². The summed E-state index contributed by atoms with van der Waals surface area (Å²) in [6.45, 7) is 8.05. The van der Waals surface area contributed by atoms with Crippen molar-refractivity contribution in [2.75, 3.05) is 32.2 Å². The first kappa shape index (κ1) is 24.6. The van der Waals surface area contributed by atoms with Crippen molar-refractivity contribution in [1.29, 1.82) is 0 Å². The minimum atomic E-state index is -0.158. The van der Waals surface area contributed by atoms with Crippen molar-refractivity contribution in [1.82, 2.24) is 0 Å². The zero-order valence-electron chi connectivity index (χ0n) is 19.1. The Balaban J connectivity index is 0.00000289. The van der Waals surface area contributed by atoms with E-state index in [-0.39, 0.29) is 30.2 Å². The van der Waals surface area contributed by atoms with Crippen LogP contribution in [0.5, 0.6) is 11.5 Å². The number of thioether (sulfide) groups is 1. The molecule has 3 aliphatic rings. The number of hydrogen-bond donors (Lipinski definition) is 0. The van der Waals surface area contributed by atoms with Gasteiger partial charge in [-0.15, -0.1) is 0 Å². The zero-order chi connectivity index (χ0) is 22.0. The Kier molecular flexibility index (Phi) is 8.21. The molecule has 8 heteroatoms. The van der Waals surface area contributed by atoms with E-state index in [0.29, 0.717) is 0 Å². The topological polar surface area (TPSA) is 43.2 Å². The van der Waals surface area contributed by atoms with Crippen molar-refractivity contribution in [3.05, 3.63) is 64.8 Å². The molecule has 3 heterocycles. The normalized spacial score (nSPS) is 20.7. The van der Waals surface area contributed by atoms with Gasteiger partial charge in [-0.3, -0.25) is 0 Å². The van der Waals surface area contributed by atoms with Crippen LogP contribution in [-0.2, 0) is 9.47 Å². The fourth-order valence-electron chi connectivity index (χ4n) is 3.80. The molecule has 172 valence electrons. The predicted molar refractivity (Wildman–Crippen MR) is 125 cm³/mol. The minimum absolute atomic E-state index is 0. The number of benzene rings is 1. The molecule has 4 rings (SSSR count). The Morgan fingerprint density at radius 2 is 2.00 bits per heavy atom. The molecule has 0 saturated carbocycles. The standard InChI is InChI=1S/C24H29N2O4S.HI/c1-6-16(13-21-25(7-2)18-15-17(27-4)9-10-19(18)29-21)14-22-26(8-3)24-20(30-22)11-12-23(28-5)31-24;/h9-15,22H,6-8H2,1-5H3;1H/q+1;/p-1. The van der Waals surface area contributed by atoms with Crippen molar-refractivity contribution in [3.63, 3.8) is 0 Å². The van der Waals surface area contributed by atoms with E-state index in [1.807, 2.05) is 30.4 Å². The highest BCUT2D eigenvalue weighted by Gasteiger charge is 2.39. The number of allylic oxidation sites excluding steroid dienone is 4. The van der Waals surface area contributed by atoms with Crippen LogP contribution < -0.4 is 38.4 Å². The van der Waals surface area contributed by atoms with Gasteiger partial charge in [0.05, 0.1) is 19.9 Å². The lowest BCUT2D eigenvalue weighted by Gasteiger charge is -2.16. The first-order valence-corrected chi connectivity index (χ1v) is 11.4. The Hall–Kier alpha value is -2.07. The molecule has 32 heavy (non-hydrogen) atoms. The second-order valence-corrected chi connectivity index (χ2v) is 8.17. The third kappa shape index (κ3) is 4.66. The van der Waals surface area contributed by atoms with Gasteiger partial charge in [0, 0.05) is 36.5 Å². The molecule has 0 bridgehead atoms. The van der Waals surface area contributed by atoms with Crippen molar-refractivity contribution in [2.45, 2.75) is 33.4 Å². The van der Waals surface area contributed by atoms with Crippen LogP contribution in [0.1, 0.15) is 27.2 Å². The maximum atomic E-state index is 6.26. The van der Waals surface area contributed by atoms with Gasteiger partial charge in [0.15, 0.2) is 10.8 Å². The molecular formula is C24H29IN2O4S. The van der Waals surface area contributed by atoms with Gasteiger partial charge in [0.2, 0.25) is 11.6 Å². The van der Waals surface area contributed by atoms with Crippen LogP contribution in [0.4, 0.5) is 5.69 Å². The summed E-state index contributed by atoms with van der Waals surface area (Å²) in [5.41, 5.74) is 2.18. The number of halogens is 1. The maximum absolute atomic E-state index is 6.26. The summed E-state index contributed by atoms with van der Waals surface area (Å²) in [4.78, 5) is 2.16. The number of methoxy groups -OCH3 is 2. The Labute approximate surface area is 211 Å². The van der Waals surface area contributed by atoms with Gasteiger partial charge in [-0.05, 0) is 50.1 Å². The number of fused-ring (bicyclic) bond motifs is 2. The predicted octanol–water partition coefficient (Wildman–Crippen LogP) is 2.00. The lowest BCUT2D eigenvalue weighted by atomic mass is 10.1. The first-order chi connectivity index (χ1) is 15.1. The fraction of sp³-hybridized carbons (Fsp3) is 0.375. The summed E-state index contributed by atoms with van der Waals surface area (Å²) in [5.74, 6) is 3.38. The van der Waals surface area contributed by atoms with E-state index in [1.165, 1.54) is 0 Å². The molecule has 0 N–H and O–H groups in total. The molecule has 0 fully saturated rings. The van der Waals surface area contributed by atoms with E-state index in [2.05, 4.69) is 42.4 Å². The van der Waals surface area contributed by atoms with Gasteiger partial charge >= 0.3 is 6.23 Å². The minimum Gasteiger partial charge on any atom is -1.00 e. The van der Waals surface area contributed by atoms with Crippen LogP contribution in [0.2, 0.25) is 0 Å². The molecule has 0 amide bonds. The Morgan fingerprint density at radius 1 is 1.19 bits per heavy atom. The van der Waals surface area contributed by atoms with E-state index in [4.69, 9.17) is 18.9 Å². The maximum Gasteiger partial charge on any atom is 0.318 e. The molecule has 0 aliphatic carbocycles. The number of rotatable bonds is 7. The average Bonchev–Trinajstić information content (AvgIpc) is 3.33. The van der Waals surface area contributed by atoms with Gasteiger partial charge in [-0.25, -0.2) is 0 Å². The lowest BCUT2D eigenvalue weighted by Crippen LogP contribution is -3.00.